The Morgan fingerprint density at radius 3 is 2.54 bits per heavy atom. The molecule has 1 N–H and O–H groups in total. The van der Waals surface area contributed by atoms with Gasteiger partial charge in [0.15, 0.2) is 11.8 Å². The molecule has 1 saturated carbocycles. The maximum atomic E-state index is 13.1. The van der Waals surface area contributed by atoms with Gasteiger partial charge in [0.2, 0.25) is 17.7 Å². The van der Waals surface area contributed by atoms with Crippen LogP contribution in [0.3, 0.4) is 0 Å². The van der Waals surface area contributed by atoms with E-state index in [1.807, 2.05) is 19.9 Å². The predicted octanol–water partition coefficient (Wildman–Crippen LogP) is 3.92. The summed E-state index contributed by atoms with van der Waals surface area (Å²) in [6.07, 6.45) is -3.62. The molecule has 6 rings (SSSR count). The Hall–Kier alpha value is -3.31. The van der Waals surface area contributed by atoms with Crippen molar-refractivity contribution in [1.82, 2.24) is 24.8 Å². The van der Waals surface area contributed by atoms with Crippen LogP contribution in [0.4, 0.5) is 24.8 Å². The Morgan fingerprint density at radius 1 is 1.14 bits per heavy atom. The number of nitrogens with zero attached hydrogens (tertiary/aromatic N) is 6. The minimum Gasteiger partial charge on any atom is -0.480 e. The van der Waals surface area contributed by atoms with E-state index in [1.165, 1.54) is 10.6 Å². The number of anilines is 2. The molecule has 5 heterocycles. The van der Waals surface area contributed by atoms with Crippen LogP contribution in [-0.4, -0.2) is 63.3 Å². The van der Waals surface area contributed by atoms with E-state index in [0.29, 0.717) is 29.3 Å². The summed E-state index contributed by atoms with van der Waals surface area (Å²) in [5.41, 5.74) is 2.35. The fourth-order valence-electron chi connectivity index (χ4n) is 4.90. The Morgan fingerprint density at radius 2 is 1.89 bits per heavy atom. The molecule has 0 radical (unpaired) electrons. The number of ether oxygens (including phenoxy) is 2. The summed E-state index contributed by atoms with van der Waals surface area (Å²) < 4.78 is 51.1. The first-order chi connectivity index (χ1) is 16.6. The van der Waals surface area contributed by atoms with Gasteiger partial charge >= 0.3 is 6.18 Å². The van der Waals surface area contributed by atoms with Crippen molar-refractivity contribution in [2.75, 3.05) is 30.4 Å². The molecule has 0 spiro atoms. The van der Waals surface area contributed by atoms with E-state index in [0.717, 1.165) is 37.7 Å². The third-order valence-electron chi connectivity index (χ3n) is 6.88. The molecule has 0 aromatic carbocycles. The summed E-state index contributed by atoms with van der Waals surface area (Å²) in [5.74, 6) is 1.75. The van der Waals surface area contributed by atoms with Crippen LogP contribution >= 0.6 is 0 Å². The third kappa shape index (κ3) is 4.41. The van der Waals surface area contributed by atoms with Crippen molar-refractivity contribution in [3.63, 3.8) is 0 Å². The highest BCUT2D eigenvalue weighted by atomic mass is 19.4. The zero-order valence-electron chi connectivity index (χ0n) is 20.0. The fourth-order valence-corrected chi connectivity index (χ4v) is 4.90. The topological polar surface area (TPSA) is 89.7 Å². The molecule has 3 aliphatic rings. The van der Waals surface area contributed by atoms with Crippen molar-refractivity contribution < 1.29 is 22.6 Å². The average Bonchev–Trinajstić information content (AvgIpc) is 3.26. The maximum Gasteiger partial charge on any atom is 0.425 e. The summed E-state index contributed by atoms with van der Waals surface area (Å²) in [5, 5.41) is 15.9. The van der Waals surface area contributed by atoms with Crippen LogP contribution in [0.25, 0.3) is 5.65 Å². The van der Waals surface area contributed by atoms with Crippen LogP contribution < -0.4 is 19.7 Å². The quantitative estimate of drug-likeness (QED) is 0.532. The number of nitrogens with one attached hydrogen (secondary N) is 1. The van der Waals surface area contributed by atoms with Gasteiger partial charge in [-0.2, -0.15) is 27.8 Å². The average molecular weight is 492 g/mol. The van der Waals surface area contributed by atoms with E-state index in [4.69, 9.17) is 9.47 Å². The van der Waals surface area contributed by atoms with Crippen LogP contribution in [0.1, 0.15) is 38.7 Å². The lowest BCUT2D eigenvalue weighted by Crippen LogP contribution is -2.61. The van der Waals surface area contributed by atoms with Gasteiger partial charge in [-0.3, -0.25) is 0 Å². The summed E-state index contributed by atoms with van der Waals surface area (Å²) in [4.78, 5) is 6.91. The highest BCUT2D eigenvalue weighted by Crippen LogP contribution is 2.43. The normalized spacial score (nSPS) is 22.7. The second-order valence-corrected chi connectivity index (χ2v) is 9.54. The molecule has 1 aliphatic carbocycles. The van der Waals surface area contributed by atoms with Crippen molar-refractivity contribution in [3.05, 3.63) is 30.0 Å². The molecule has 3 fully saturated rings. The van der Waals surface area contributed by atoms with Gasteiger partial charge in [0.1, 0.15) is 0 Å². The van der Waals surface area contributed by atoms with Gasteiger partial charge in [-0.15, -0.1) is 10.2 Å². The first-order valence-corrected chi connectivity index (χ1v) is 11.6. The summed E-state index contributed by atoms with van der Waals surface area (Å²) in [6, 6.07) is 5.34. The number of piperidine rings is 2. The van der Waals surface area contributed by atoms with E-state index in [2.05, 4.69) is 30.5 Å². The standard InChI is InChI=1S/C23H28F3N7O2/c1-12(2)17-5-6-19(35-13(3)23(24,25)26)33-21(17)29-22(31-33)28-20-14-7-15(20)11-32(10-14)16-8-18(34-4)30-27-9-16/h5-6,8-9,12-15,20H,7,10-11H2,1-4H3,(H,28,31)/t13-,14-,15+,20?/m0/s1. The first kappa shape index (κ1) is 23.4. The minimum atomic E-state index is -4.48. The van der Waals surface area contributed by atoms with E-state index in [9.17, 15) is 13.2 Å². The van der Waals surface area contributed by atoms with Gasteiger partial charge in [-0.1, -0.05) is 13.8 Å². The number of hydrogen-bond donors (Lipinski definition) is 1. The molecule has 0 amide bonds. The molecule has 35 heavy (non-hydrogen) atoms. The molecule has 3 aromatic heterocycles. The van der Waals surface area contributed by atoms with Gasteiger partial charge < -0.3 is 19.7 Å². The lowest BCUT2D eigenvalue weighted by Gasteiger charge is -2.54. The molecule has 4 atom stereocenters. The number of rotatable bonds is 7. The molecule has 3 aromatic rings. The van der Waals surface area contributed by atoms with Gasteiger partial charge in [-0.05, 0) is 42.7 Å². The molecule has 1 unspecified atom stereocenters. The number of halogens is 3. The number of methoxy groups -OCH3 is 1. The second kappa shape index (κ2) is 8.72. The smallest absolute Gasteiger partial charge is 0.425 e. The number of pyridine rings is 1. The Labute approximate surface area is 200 Å². The SMILES string of the molecule is COc1cc(N2C[C@H]3C[C@@H](C2)C3Nc2nc3c(C(C)C)ccc(O[C@@H](C)C(F)(F)F)n3n2)cnn1. The largest absolute Gasteiger partial charge is 0.480 e. The Kier molecular flexibility index (Phi) is 5.84. The zero-order chi connectivity index (χ0) is 24.9. The minimum absolute atomic E-state index is 0.00823. The monoisotopic (exact) mass is 491 g/mol. The summed E-state index contributed by atoms with van der Waals surface area (Å²) in [7, 11) is 1.56. The molecule has 12 heteroatoms. The molecule has 188 valence electrons. The number of aromatic nitrogens is 5. The van der Waals surface area contributed by atoms with E-state index >= 15 is 0 Å². The van der Waals surface area contributed by atoms with Crippen molar-refractivity contribution in [1.29, 1.82) is 0 Å². The van der Waals surface area contributed by atoms with Crippen LogP contribution in [-0.2, 0) is 0 Å². The Bertz CT molecular complexity index is 1200. The first-order valence-electron chi connectivity index (χ1n) is 11.6. The maximum absolute atomic E-state index is 13.1. The van der Waals surface area contributed by atoms with Gasteiger partial charge in [0.05, 0.1) is 19.0 Å². The van der Waals surface area contributed by atoms with Crippen molar-refractivity contribution >= 4 is 17.3 Å². The van der Waals surface area contributed by atoms with E-state index < -0.39 is 12.3 Å². The lowest BCUT2D eigenvalue weighted by atomic mass is 9.66. The second-order valence-electron chi connectivity index (χ2n) is 9.54. The number of fused-ring (bicyclic) bond motifs is 3. The predicted molar refractivity (Wildman–Crippen MR) is 123 cm³/mol. The van der Waals surface area contributed by atoms with Crippen LogP contribution in [0.15, 0.2) is 24.4 Å². The van der Waals surface area contributed by atoms with Crippen LogP contribution in [0.2, 0.25) is 0 Å². The highest BCUT2D eigenvalue weighted by molar-refractivity contribution is 5.55. The van der Waals surface area contributed by atoms with Crippen LogP contribution in [0, 0.1) is 11.8 Å². The molecular formula is C23H28F3N7O2. The Balaban J connectivity index is 1.35. The molecular weight excluding hydrogens is 463 g/mol. The highest BCUT2D eigenvalue weighted by Gasteiger charge is 2.47. The number of alkyl halides is 3. The van der Waals surface area contributed by atoms with Gasteiger partial charge in [-0.25, -0.2) is 0 Å². The van der Waals surface area contributed by atoms with Crippen LogP contribution in [0.5, 0.6) is 11.8 Å². The summed E-state index contributed by atoms with van der Waals surface area (Å²) >= 11 is 0. The summed E-state index contributed by atoms with van der Waals surface area (Å²) in [6.45, 7) is 6.66. The van der Waals surface area contributed by atoms with E-state index in [-0.39, 0.29) is 17.8 Å². The van der Waals surface area contributed by atoms with E-state index in [1.54, 1.807) is 19.4 Å². The van der Waals surface area contributed by atoms with Crippen molar-refractivity contribution in [2.24, 2.45) is 11.8 Å². The van der Waals surface area contributed by atoms with Crippen molar-refractivity contribution in [2.45, 2.75) is 51.4 Å². The number of hydrogen-bond acceptors (Lipinski definition) is 8. The molecule has 2 bridgehead atoms. The van der Waals surface area contributed by atoms with Gasteiger partial charge in [0, 0.05) is 31.3 Å². The zero-order valence-corrected chi connectivity index (χ0v) is 20.0. The lowest BCUT2D eigenvalue weighted by molar-refractivity contribution is -0.190. The molecule has 2 saturated heterocycles. The fraction of sp³-hybridized carbons (Fsp3) is 0.565. The molecule has 2 aliphatic heterocycles. The van der Waals surface area contributed by atoms with Gasteiger partial charge in [0.25, 0.3) is 0 Å². The molecule has 9 nitrogen and oxygen atoms in total. The van der Waals surface area contributed by atoms with Crippen molar-refractivity contribution in [3.8, 4) is 11.8 Å². The third-order valence-corrected chi connectivity index (χ3v) is 6.88.